The standard InChI is InChI=1S/C6H3Cl.C3H3Cl/c7-6-3-4-1-2-5(4)6;1-2-3-4/h1-3H;1H,3H2. The summed E-state index contributed by atoms with van der Waals surface area (Å²) in [4.78, 5) is 0. The minimum absolute atomic E-state index is 0.319. The van der Waals surface area contributed by atoms with Gasteiger partial charge in [-0.3, -0.25) is 0 Å². The monoisotopic (exact) mass is 184 g/mol. The maximum atomic E-state index is 5.60. The molecule has 0 saturated carbocycles. The van der Waals surface area contributed by atoms with Gasteiger partial charge in [0.15, 0.2) is 0 Å². The molecule has 56 valence electrons. The molecule has 0 nitrogen and oxygen atoms in total. The Morgan fingerprint density at radius 2 is 2.09 bits per heavy atom. The molecule has 0 aromatic heterocycles. The van der Waals surface area contributed by atoms with Crippen molar-refractivity contribution in [2.45, 2.75) is 0 Å². The molecule has 2 aliphatic carbocycles. The molecule has 0 aromatic carbocycles. The highest BCUT2D eigenvalue weighted by molar-refractivity contribution is 6.31. The van der Waals surface area contributed by atoms with Crippen LogP contribution < -0.4 is 0 Å². The topological polar surface area (TPSA) is 0 Å². The third kappa shape index (κ3) is 1.68. The van der Waals surface area contributed by atoms with Crippen LogP contribution in [0.3, 0.4) is 0 Å². The van der Waals surface area contributed by atoms with E-state index >= 15 is 0 Å². The summed E-state index contributed by atoms with van der Waals surface area (Å²) in [5, 5.41) is 3.46. The lowest BCUT2D eigenvalue weighted by Gasteiger charge is -2.01. The molecule has 2 aliphatic rings. The number of hydrogen-bond donors (Lipinski definition) is 0. The highest BCUT2D eigenvalue weighted by atomic mass is 35.5. The third-order valence-corrected chi connectivity index (χ3v) is 1.82. The van der Waals surface area contributed by atoms with E-state index in [4.69, 9.17) is 23.2 Å². The molecule has 0 bridgehead atoms. The van der Waals surface area contributed by atoms with E-state index in [-0.39, 0.29) is 0 Å². The predicted molar refractivity (Wildman–Crippen MR) is 48.7 cm³/mol. The fraction of sp³-hybridized carbons (Fsp3) is 0.111. The van der Waals surface area contributed by atoms with Crippen molar-refractivity contribution in [2.24, 2.45) is 0 Å². The van der Waals surface area contributed by atoms with Gasteiger partial charge in [0.05, 0.1) is 5.88 Å². The molecule has 0 spiro atoms. The Hall–Kier alpha value is -0.640. The Morgan fingerprint density at radius 3 is 2.09 bits per heavy atom. The first-order valence-electron chi connectivity index (χ1n) is 3.09. The van der Waals surface area contributed by atoms with Gasteiger partial charge in [-0.2, -0.15) is 0 Å². The molecule has 0 fully saturated rings. The Morgan fingerprint density at radius 1 is 1.45 bits per heavy atom. The summed E-state index contributed by atoms with van der Waals surface area (Å²) in [7, 11) is 0. The Bertz CT molecular complexity index is 374. The van der Waals surface area contributed by atoms with Crippen molar-refractivity contribution in [2.75, 3.05) is 5.88 Å². The lowest BCUT2D eigenvalue weighted by Crippen LogP contribution is -1.84. The molecule has 0 saturated heterocycles. The largest absolute Gasteiger partial charge is 0.119 e. The lowest BCUT2D eigenvalue weighted by atomic mass is 10.1. The number of terminal acetylenes is 1. The molecule has 0 aromatic rings. The van der Waals surface area contributed by atoms with Crippen LogP contribution in [0.4, 0.5) is 0 Å². The fourth-order valence-electron chi connectivity index (χ4n) is 0.743. The van der Waals surface area contributed by atoms with Crippen LogP contribution in [-0.4, -0.2) is 5.88 Å². The van der Waals surface area contributed by atoms with Crippen LogP contribution in [0.2, 0.25) is 5.02 Å². The smallest absolute Gasteiger partial charge is 0.0832 e. The van der Waals surface area contributed by atoms with E-state index in [1.54, 1.807) is 0 Å². The third-order valence-electron chi connectivity index (χ3n) is 1.36. The van der Waals surface area contributed by atoms with Crippen LogP contribution in [0.25, 0.3) is 0 Å². The molecule has 2 heteroatoms. The summed E-state index contributed by atoms with van der Waals surface area (Å²) in [6.45, 7) is 0. The summed E-state index contributed by atoms with van der Waals surface area (Å²) in [5.74, 6) is 2.52. The van der Waals surface area contributed by atoms with E-state index < -0.39 is 0 Å². The maximum absolute atomic E-state index is 5.60. The van der Waals surface area contributed by atoms with Crippen LogP contribution in [0.1, 0.15) is 0 Å². The molecule has 0 N–H and O–H groups in total. The second kappa shape index (κ2) is 3.67. The van der Waals surface area contributed by atoms with Crippen molar-refractivity contribution in [3.8, 4) is 12.3 Å². The molecule has 0 atom stereocenters. The van der Waals surface area contributed by atoms with Crippen molar-refractivity contribution in [3.05, 3.63) is 33.7 Å². The van der Waals surface area contributed by atoms with E-state index in [0.717, 1.165) is 5.02 Å². The Labute approximate surface area is 75.4 Å². The van der Waals surface area contributed by atoms with Crippen molar-refractivity contribution in [1.29, 1.82) is 0 Å². The van der Waals surface area contributed by atoms with Gasteiger partial charge in [0, 0.05) is 10.2 Å². The second-order valence-corrected chi connectivity index (χ2v) is 2.71. The van der Waals surface area contributed by atoms with E-state index in [0.29, 0.717) is 5.88 Å². The molecule has 2 rings (SSSR count). The van der Waals surface area contributed by atoms with Crippen molar-refractivity contribution >= 4 is 23.2 Å². The molecule has 0 radical (unpaired) electrons. The van der Waals surface area contributed by atoms with E-state index in [1.165, 1.54) is 10.4 Å². The molecule has 0 unspecified atom stereocenters. The number of hydrogen-bond acceptors (Lipinski definition) is 0. The molecular formula is C9H6Cl2. The minimum atomic E-state index is 0.319. The van der Waals surface area contributed by atoms with Gasteiger partial charge in [-0.15, -0.1) is 18.0 Å². The fourth-order valence-corrected chi connectivity index (χ4v) is 1.03. The highest BCUT2D eigenvalue weighted by Gasteiger charge is 1.99. The maximum Gasteiger partial charge on any atom is 0.0832 e. The van der Waals surface area contributed by atoms with Gasteiger partial charge in [0.2, 0.25) is 0 Å². The van der Waals surface area contributed by atoms with Gasteiger partial charge in [-0.25, -0.2) is 0 Å². The average Bonchev–Trinajstić information content (AvgIpc) is 2.00. The Kier molecular flexibility index (Phi) is 2.82. The number of alkyl halides is 1. The van der Waals surface area contributed by atoms with Gasteiger partial charge in [0.25, 0.3) is 0 Å². The summed E-state index contributed by atoms with van der Waals surface area (Å²) >= 11 is 10.5. The lowest BCUT2D eigenvalue weighted by molar-refractivity contribution is 1.38. The first kappa shape index (κ1) is 8.46. The summed E-state index contributed by atoms with van der Waals surface area (Å²) < 4.78 is 0. The van der Waals surface area contributed by atoms with Gasteiger partial charge < -0.3 is 0 Å². The van der Waals surface area contributed by atoms with E-state index in [2.05, 4.69) is 18.4 Å². The summed E-state index contributed by atoms with van der Waals surface area (Å²) in [5.41, 5.74) is 0. The van der Waals surface area contributed by atoms with Crippen molar-refractivity contribution in [1.82, 2.24) is 0 Å². The zero-order valence-corrected chi connectivity index (χ0v) is 7.28. The SMILES string of the molecule is C#CCCl.Clc1cc2ccc1=2. The summed E-state index contributed by atoms with van der Waals surface area (Å²) in [6.07, 6.45) is 4.65. The van der Waals surface area contributed by atoms with Crippen LogP contribution in [-0.2, 0) is 0 Å². The van der Waals surface area contributed by atoms with E-state index in [1.807, 2.05) is 12.1 Å². The number of rotatable bonds is 0. The average molecular weight is 185 g/mol. The molecule has 0 heterocycles. The molecular weight excluding hydrogens is 179 g/mol. The molecule has 0 aliphatic heterocycles. The summed E-state index contributed by atoms with van der Waals surface area (Å²) in [6, 6.07) is 6.05. The van der Waals surface area contributed by atoms with Crippen LogP contribution in [0, 0.1) is 22.8 Å². The Balaban J connectivity index is 0.000000134. The normalized spacial score (nSPS) is 9.18. The quantitative estimate of drug-likeness (QED) is 0.437. The molecule has 0 amide bonds. The van der Waals surface area contributed by atoms with Crippen LogP contribution in [0.5, 0.6) is 0 Å². The van der Waals surface area contributed by atoms with Gasteiger partial charge >= 0.3 is 0 Å². The predicted octanol–water partition coefficient (Wildman–Crippen LogP) is 2.80. The van der Waals surface area contributed by atoms with E-state index in [9.17, 15) is 0 Å². The first-order chi connectivity index (χ1) is 5.29. The van der Waals surface area contributed by atoms with Gasteiger partial charge in [-0.05, 0) is 11.3 Å². The van der Waals surface area contributed by atoms with Gasteiger partial charge in [0.1, 0.15) is 0 Å². The first-order valence-corrected chi connectivity index (χ1v) is 4.00. The minimum Gasteiger partial charge on any atom is -0.119 e. The second-order valence-electron chi connectivity index (χ2n) is 2.03. The van der Waals surface area contributed by atoms with Crippen LogP contribution in [0.15, 0.2) is 18.2 Å². The zero-order chi connectivity index (χ0) is 8.27. The van der Waals surface area contributed by atoms with Crippen LogP contribution >= 0.6 is 23.2 Å². The van der Waals surface area contributed by atoms with Gasteiger partial charge in [-0.1, -0.05) is 29.7 Å². The number of halogens is 2. The zero-order valence-electron chi connectivity index (χ0n) is 5.77. The number of benzene rings is 1. The molecule has 11 heavy (non-hydrogen) atoms. The van der Waals surface area contributed by atoms with Crippen molar-refractivity contribution < 1.29 is 0 Å². The van der Waals surface area contributed by atoms with Crippen molar-refractivity contribution in [3.63, 3.8) is 0 Å². The highest BCUT2D eigenvalue weighted by Crippen LogP contribution is 2.20.